The lowest BCUT2D eigenvalue weighted by atomic mass is 9.98. The number of piperidine rings is 2. The largest absolute Gasteiger partial charge is 0.393 e. The highest BCUT2D eigenvalue weighted by molar-refractivity contribution is 5.95. The third kappa shape index (κ3) is 2.85. The number of aliphatic hydroxyl groups is 1. The molecule has 3 heterocycles. The molecule has 4 rings (SSSR count). The Morgan fingerprint density at radius 1 is 0.957 bits per heavy atom. The van der Waals surface area contributed by atoms with Gasteiger partial charge in [0.1, 0.15) is 0 Å². The third-order valence-electron chi connectivity index (χ3n) is 5.78. The number of carbonyl (C=O) groups excluding carboxylic acids is 1. The molecule has 0 aromatic heterocycles. The zero-order valence-corrected chi connectivity index (χ0v) is 13.7. The van der Waals surface area contributed by atoms with E-state index in [4.69, 9.17) is 0 Å². The summed E-state index contributed by atoms with van der Waals surface area (Å²) in [6.07, 6.45) is 7.20. The van der Waals surface area contributed by atoms with E-state index in [9.17, 15) is 9.90 Å². The molecule has 1 aromatic carbocycles. The summed E-state index contributed by atoms with van der Waals surface area (Å²) in [6.45, 7) is 2.25. The van der Waals surface area contributed by atoms with Gasteiger partial charge in [-0.3, -0.25) is 4.79 Å². The summed E-state index contributed by atoms with van der Waals surface area (Å²) in [5, 5.41) is 9.90. The molecule has 2 bridgehead atoms. The van der Waals surface area contributed by atoms with E-state index in [0.717, 1.165) is 44.3 Å². The third-order valence-corrected chi connectivity index (χ3v) is 5.78. The number of carbonyl (C=O) groups is 1. The Labute approximate surface area is 138 Å². The fraction of sp³-hybridized carbons (Fsp3) is 0.632. The fourth-order valence-electron chi connectivity index (χ4n) is 4.60. The molecular formula is C19H26N2O2. The zero-order chi connectivity index (χ0) is 15.8. The predicted molar refractivity (Wildman–Crippen MR) is 90.7 cm³/mol. The van der Waals surface area contributed by atoms with Crippen LogP contribution >= 0.6 is 0 Å². The second-order valence-corrected chi connectivity index (χ2v) is 7.32. The van der Waals surface area contributed by atoms with Gasteiger partial charge in [0.05, 0.1) is 6.10 Å². The summed E-state index contributed by atoms with van der Waals surface area (Å²) in [5.74, 6) is 0.148. The molecule has 0 radical (unpaired) electrons. The molecule has 1 N–H and O–H groups in total. The quantitative estimate of drug-likeness (QED) is 0.913. The van der Waals surface area contributed by atoms with Crippen LogP contribution in [-0.4, -0.2) is 47.2 Å². The van der Waals surface area contributed by atoms with E-state index in [1.807, 2.05) is 17.0 Å². The average Bonchev–Trinajstić information content (AvgIpc) is 2.86. The first-order valence-electron chi connectivity index (χ1n) is 9.08. The molecule has 0 saturated carbocycles. The lowest BCUT2D eigenvalue weighted by molar-refractivity contribution is 0.0287. The lowest BCUT2D eigenvalue weighted by Gasteiger charge is -2.37. The first-order valence-corrected chi connectivity index (χ1v) is 9.08. The molecular weight excluding hydrogens is 288 g/mol. The van der Waals surface area contributed by atoms with Crippen molar-refractivity contribution in [3.63, 3.8) is 0 Å². The maximum atomic E-state index is 12.9. The summed E-state index contributed by atoms with van der Waals surface area (Å²) < 4.78 is 0. The number of rotatable bonds is 2. The number of fused-ring (bicyclic) bond motifs is 2. The van der Waals surface area contributed by atoms with Crippen LogP contribution in [-0.2, 0) is 0 Å². The smallest absolute Gasteiger partial charge is 0.254 e. The SMILES string of the molecule is O=C(c1ccc(N2CCCCC2)cc1)N1C2CCC1CC(O)C2. The molecule has 3 aliphatic rings. The molecule has 124 valence electrons. The molecule has 23 heavy (non-hydrogen) atoms. The summed E-state index contributed by atoms with van der Waals surface area (Å²) in [7, 11) is 0. The van der Waals surface area contributed by atoms with Crippen LogP contribution in [0.25, 0.3) is 0 Å². The Balaban J connectivity index is 1.48. The van der Waals surface area contributed by atoms with Crippen molar-refractivity contribution in [1.29, 1.82) is 0 Å². The lowest BCUT2D eigenvalue weighted by Crippen LogP contribution is -2.48. The molecule has 1 aromatic rings. The molecule has 4 heteroatoms. The summed E-state index contributed by atoms with van der Waals surface area (Å²) >= 11 is 0. The topological polar surface area (TPSA) is 43.8 Å². The van der Waals surface area contributed by atoms with E-state index in [0.29, 0.717) is 0 Å². The van der Waals surface area contributed by atoms with Gasteiger partial charge in [0.2, 0.25) is 0 Å². The first kappa shape index (κ1) is 15.0. The van der Waals surface area contributed by atoms with Crippen LogP contribution in [0.1, 0.15) is 55.3 Å². The van der Waals surface area contributed by atoms with Crippen LogP contribution in [0.15, 0.2) is 24.3 Å². The van der Waals surface area contributed by atoms with E-state index in [2.05, 4.69) is 17.0 Å². The minimum Gasteiger partial charge on any atom is -0.393 e. The number of hydrogen-bond acceptors (Lipinski definition) is 3. The fourth-order valence-corrected chi connectivity index (χ4v) is 4.60. The van der Waals surface area contributed by atoms with Gasteiger partial charge >= 0.3 is 0 Å². The van der Waals surface area contributed by atoms with Crippen molar-refractivity contribution in [2.45, 2.75) is 63.1 Å². The molecule has 0 aliphatic carbocycles. The van der Waals surface area contributed by atoms with E-state index in [1.165, 1.54) is 24.9 Å². The van der Waals surface area contributed by atoms with Crippen LogP contribution in [0.5, 0.6) is 0 Å². The van der Waals surface area contributed by atoms with E-state index in [1.54, 1.807) is 0 Å². The number of anilines is 1. The second-order valence-electron chi connectivity index (χ2n) is 7.32. The molecule has 0 spiro atoms. The summed E-state index contributed by atoms with van der Waals surface area (Å²) in [4.78, 5) is 17.3. The number of benzene rings is 1. The molecule has 3 saturated heterocycles. The van der Waals surface area contributed by atoms with Crippen molar-refractivity contribution in [2.24, 2.45) is 0 Å². The van der Waals surface area contributed by atoms with Gasteiger partial charge in [-0.15, -0.1) is 0 Å². The van der Waals surface area contributed by atoms with Gasteiger partial charge in [-0.25, -0.2) is 0 Å². The van der Waals surface area contributed by atoms with Gasteiger partial charge in [0.15, 0.2) is 0 Å². The van der Waals surface area contributed by atoms with Crippen LogP contribution in [0.3, 0.4) is 0 Å². The van der Waals surface area contributed by atoms with Crippen LogP contribution in [0, 0.1) is 0 Å². The molecule has 4 nitrogen and oxygen atoms in total. The summed E-state index contributed by atoms with van der Waals surface area (Å²) in [6, 6.07) is 8.63. The number of hydrogen-bond donors (Lipinski definition) is 1. The Bertz CT molecular complexity index is 551. The standard InChI is InChI=1S/C19H26N2O2/c22-18-12-16-8-9-17(13-18)21(16)19(23)14-4-6-15(7-5-14)20-10-2-1-3-11-20/h4-7,16-18,22H,1-3,8-13H2. The molecule has 2 atom stereocenters. The molecule has 2 unspecified atom stereocenters. The Kier molecular flexibility index (Phi) is 4.02. The van der Waals surface area contributed by atoms with Gasteiger partial charge in [-0.1, -0.05) is 0 Å². The van der Waals surface area contributed by atoms with Crippen molar-refractivity contribution in [3.05, 3.63) is 29.8 Å². The zero-order valence-electron chi connectivity index (χ0n) is 13.7. The van der Waals surface area contributed by atoms with E-state index < -0.39 is 0 Å². The van der Waals surface area contributed by atoms with E-state index in [-0.39, 0.29) is 24.1 Å². The van der Waals surface area contributed by atoms with Gasteiger partial charge in [-0.2, -0.15) is 0 Å². The van der Waals surface area contributed by atoms with Crippen molar-refractivity contribution in [2.75, 3.05) is 18.0 Å². The maximum absolute atomic E-state index is 12.9. The molecule has 3 fully saturated rings. The second kappa shape index (κ2) is 6.16. The van der Waals surface area contributed by atoms with Crippen molar-refractivity contribution in [3.8, 4) is 0 Å². The number of amides is 1. The van der Waals surface area contributed by atoms with Gasteiger partial charge < -0.3 is 14.9 Å². The highest BCUT2D eigenvalue weighted by atomic mass is 16.3. The predicted octanol–water partition coefficient (Wildman–Crippen LogP) is 2.80. The monoisotopic (exact) mass is 314 g/mol. The van der Waals surface area contributed by atoms with Crippen molar-refractivity contribution < 1.29 is 9.90 Å². The summed E-state index contributed by atoms with van der Waals surface area (Å²) in [5.41, 5.74) is 2.03. The van der Waals surface area contributed by atoms with Crippen LogP contribution < -0.4 is 4.90 Å². The number of aliphatic hydroxyl groups excluding tert-OH is 1. The van der Waals surface area contributed by atoms with Crippen LogP contribution in [0.4, 0.5) is 5.69 Å². The Morgan fingerprint density at radius 3 is 2.17 bits per heavy atom. The van der Waals surface area contributed by atoms with Gasteiger partial charge in [-0.05, 0) is 69.2 Å². The van der Waals surface area contributed by atoms with Crippen LogP contribution in [0.2, 0.25) is 0 Å². The average molecular weight is 314 g/mol. The Morgan fingerprint density at radius 2 is 1.57 bits per heavy atom. The van der Waals surface area contributed by atoms with Gasteiger partial charge in [0.25, 0.3) is 5.91 Å². The van der Waals surface area contributed by atoms with Gasteiger partial charge in [0, 0.05) is 36.4 Å². The number of nitrogens with zero attached hydrogens (tertiary/aromatic N) is 2. The first-order chi connectivity index (χ1) is 11.2. The van der Waals surface area contributed by atoms with Crippen molar-refractivity contribution >= 4 is 11.6 Å². The molecule has 1 amide bonds. The maximum Gasteiger partial charge on any atom is 0.254 e. The highest BCUT2D eigenvalue weighted by Gasteiger charge is 2.42. The minimum absolute atomic E-state index is 0.148. The Hall–Kier alpha value is -1.55. The highest BCUT2D eigenvalue weighted by Crippen LogP contribution is 2.36. The van der Waals surface area contributed by atoms with Crippen molar-refractivity contribution in [1.82, 2.24) is 4.90 Å². The van der Waals surface area contributed by atoms with E-state index >= 15 is 0 Å². The minimum atomic E-state index is -0.224. The normalized spacial score (nSPS) is 30.6. The molecule has 3 aliphatic heterocycles.